The van der Waals surface area contributed by atoms with Crippen LogP contribution >= 0.6 is 0 Å². The largest absolute Gasteiger partial charge is 0.455 e. The normalized spacial score (nSPS) is 42.1. The minimum Gasteiger partial charge on any atom is -0.455 e. The molecule has 2 N–H and O–H groups in total. The minimum atomic E-state index is -2.61. The monoisotopic (exact) mass is 672 g/mol. The molecule has 2 aliphatic heterocycles. The first-order chi connectivity index (χ1) is 21.2. The molecule has 0 aromatic heterocycles. The highest BCUT2D eigenvalue weighted by Crippen LogP contribution is 2.65. The fourth-order valence-corrected chi connectivity index (χ4v) is 20.5. The summed E-state index contributed by atoms with van der Waals surface area (Å²) in [4.78, 5) is 42.5. The number of Topliss-reactive ketones (excluding diaryl/α,β-unsaturated/α-hetero) is 1. The molecule has 9 atom stereocenters. The van der Waals surface area contributed by atoms with Gasteiger partial charge in [-0.1, -0.05) is 32.0 Å². The van der Waals surface area contributed by atoms with Crippen molar-refractivity contribution in [1.82, 2.24) is 0 Å². The average Bonchev–Trinajstić information content (AvgIpc) is 2.95. The van der Waals surface area contributed by atoms with E-state index in [9.17, 15) is 19.8 Å². The SMILES string of the molecule is CC(=O)O[C@@]12CO[C@@H]1CC1O[Si](C)(C)C[Si](C)(C)OC3C(=O)[C@@]1(C)C2C(OC(=O)c1ccccc1)[C@]1(O)C[C@H](O)C(C)=C3C1(C)C. The Morgan fingerprint density at radius 2 is 1.63 bits per heavy atom. The number of carbonyl (C=O) groups is 3. The Labute approximate surface area is 273 Å². The molecule has 4 unspecified atom stereocenters. The van der Waals surface area contributed by atoms with Gasteiger partial charge in [0, 0.05) is 25.2 Å². The molecule has 2 saturated carbocycles. The second-order valence-electron chi connectivity index (χ2n) is 16.1. The van der Waals surface area contributed by atoms with Gasteiger partial charge in [0.1, 0.15) is 23.9 Å². The van der Waals surface area contributed by atoms with Gasteiger partial charge in [-0.2, -0.15) is 0 Å². The summed E-state index contributed by atoms with van der Waals surface area (Å²) in [5, 5.41) is 24.9. The standard InChI is InChI=1S/C34H48O10Si2/c1-19-22(36)16-34(39)29(41-30(38)21-13-11-10-12-14-21)27-32(5)23(15-24-33(27,17-40-24)42-20(2)35)43-45(6,7)18-46(8,9)44-26(28(32)37)25(19)31(34,3)4/h10-14,22-24,26-27,29,36,39H,15-18H2,1-9H3/t22-,23?,24+,26?,27?,29?,32+,33-,34+/m0/s1. The Bertz CT molecular complexity index is 1490. The van der Waals surface area contributed by atoms with E-state index < -0.39 is 87.0 Å². The quantitative estimate of drug-likeness (QED) is 0.274. The van der Waals surface area contributed by atoms with Crippen molar-refractivity contribution >= 4 is 34.4 Å². The summed E-state index contributed by atoms with van der Waals surface area (Å²) in [6, 6.07) is 8.45. The molecule has 4 fully saturated rings. The van der Waals surface area contributed by atoms with Crippen LogP contribution in [-0.4, -0.2) is 92.9 Å². The highest BCUT2D eigenvalue weighted by Gasteiger charge is 2.78. The van der Waals surface area contributed by atoms with E-state index in [-0.39, 0.29) is 30.8 Å². The molecule has 4 bridgehead atoms. The molecule has 5 aliphatic rings. The molecule has 0 radical (unpaired) electrons. The minimum absolute atomic E-state index is 0.0513. The lowest BCUT2D eigenvalue weighted by molar-refractivity contribution is -0.344. The highest BCUT2D eigenvalue weighted by molar-refractivity contribution is 6.89. The number of aliphatic hydroxyl groups excluding tert-OH is 1. The maximum absolute atomic E-state index is 15.6. The number of ether oxygens (including phenoxy) is 3. The Kier molecular flexibility index (Phi) is 7.80. The van der Waals surface area contributed by atoms with Crippen molar-refractivity contribution in [3.05, 3.63) is 47.0 Å². The van der Waals surface area contributed by atoms with E-state index in [0.29, 0.717) is 16.8 Å². The first kappa shape index (κ1) is 33.7. The van der Waals surface area contributed by atoms with Gasteiger partial charge in [-0.3, -0.25) is 9.59 Å². The zero-order chi connectivity index (χ0) is 33.8. The third-order valence-corrected chi connectivity index (χ3v) is 20.2. The molecule has 6 rings (SSSR count). The number of hydrogen-bond donors (Lipinski definition) is 2. The Hall–Kier alpha value is -2.20. The number of fused-ring (bicyclic) bond motifs is 6. The van der Waals surface area contributed by atoms with Crippen LogP contribution in [0.25, 0.3) is 0 Å². The second-order valence-corrected chi connectivity index (χ2v) is 25.0. The summed E-state index contributed by atoms with van der Waals surface area (Å²) in [5.74, 6) is -2.67. The van der Waals surface area contributed by atoms with Crippen molar-refractivity contribution in [2.45, 2.75) is 121 Å². The molecule has 1 aromatic carbocycles. The van der Waals surface area contributed by atoms with E-state index in [1.807, 2.05) is 13.8 Å². The summed E-state index contributed by atoms with van der Waals surface area (Å²) < 4.78 is 32.9. The van der Waals surface area contributed by atoms with Crippen molar-refractivity contribution in [2.75, 3.05) is 6.61 Å². The molecule has 10 nitrogen and oxygen atoms in total. The Balaban J connectivity index is 1.70. The van der Waals surface area contributed by atoms with E-state index in [1.165, 1.54) is 6.92 Å². The van der Waals surface area contributed by atoms with E-state index in [0.717, 1.165) is 0 Å². The predicted molar refractivity (Wildman–Crippen MR) is 173 cm³/mol. The van der Waals surface area contributed by atoms with Crippen LogP contribution < -0.4 is 0 Å². The maximum Gasteiger partial charge on any atom is 0.338 e. The summed E-state index contributed by atoms with van der Waals surface area (Å²) in [7, 11) is -5.12. The van der Waals surface area contributed by atoms with Crippen LogP contribution in [0, 0.1) is 16.7 Å². The van der Waals surface area contributed by atoms with Gasteiger partial charge in [0.15, 0.2) is 28.0 Å². The van der Waals surface area contributed by atoms with Crippen LogP contribution in [0.3, 0.4) is 0 Å². The molecule has 2 heterocycles. The molecule has 0 spiro atoms. The van der Waals surface area contributed by atoms with Crippen molar-refractivity contribution in [1.29, 1.82) is 0 Å². The molecule has 2 saturated heterocycles. The van der Waals surface area contributed by atoms with Gasteiger partial charge < -0.3 is 33.3 Å². The van der Waals surface area contributed by atoms with Crippen molar-refractivity contribution in [2.24, 2.45) is 16.7 Å². The first-order valence-corrected chi connectivity index (χ1v) is 22.5. The number of aliphatic hydroxyl groups is 2. The van der Waals surface area contributed by atoms with E-state index >= 15 is 4.79 Å². The van der Waals surface area contributed by atoms with Gasteiger partial charge in [-0.05, 0) is 69.0 Å². The molecular weight excluding hydrogens is 625 g/mol. The number of ketones is 1. The van der Waals surface area contributed by atoms with Crippen LogP contribution in [0.2, 0.25) is 31.9 Å². The van der Waals surface area contributed by atoms with Gasteiger partial charge in [0.05, 0.1) is 35.7 Å². The average molecular weight is 673 g/mol. The topological polar surface area (TPSA) is 138 Å². The molecule has 12 heteroatoms. The van der Waals surface area contributed by atoms with Crippen LogP contribution in [0.5, 0.6) is 0 Å². The van der Waals surface area contributed by atoms with Crippen LogP contribution in [-0.2, 0) is 32.7 Å². The molecule has 46 heavy (non-hydrogen) atoms. The van der Waals surface area contributed by atoms with Gasteiger partial charge in [0.25, 0.3) is 0 Å². The van der Waals surface area contributed by atoms with Crippen molar-refractivity contribution in [3.63, 3.8) is 0 Å². The summed E-state index contributed by atoms with van der Waals surface area (Å²) in [5.41, 5.74) is -4.00. The fraction of sp³-hybridized carbons (Fsp3) is 0.676. The third kappa shape index (κ3) is 4.77. The highest BCUT2D eigenvalue weighted by atomic mass is 28.4. The van der Waals surface area contributed by atoms with Crippen LogP contribution in [0.4, 0.5) is 0 Å². The summed E-state index contributed by atoms with van der Waals surface area (Å²) in [6.07, 6.45) is -4.94. The lowest BCUT2D eigenvalue weighted by Gasteiger charge is -2.68. The van der Waals surface area contributed by atoms with Gasteiger partial charge >= 0.3 is 11.9 Å². The zero-order valence-electron chi connectivity index (χ0n) is 28.3. The van der Waals surface area contributed by atoms with Gasteiger partial charge in [-0.15, -0.1) is 0 Å². The molecule has 252 valence electrons. The van der Waals surface area contributed by atoms with Crippen LogP contribution in [0.1, 0.15) is 57.8 Å². The van der Waals surface area contributed by atoms with E-state index in [1.54, 1.807) is 44.2 Å². The zero-order valence-corrected chi connectivity index (χ0v) is 30.3. The summed E-state index contributed by atoms with van der Waals surface area (Å²) >= 11 is 0. The number of rotatable bonds is 3. The molecule has 0 amide bonds. The first-order valence-electron chi connectivity index (χ1n) is 16.3. The number of benzene rings is 1. The van der Waals surface area contributed by atoms with Gasteiger partial charge in [-0.25, -0.2) is 4.79 Å². The Morgan fingerprint density at radius 1 is 1.00 bits per heavy atom. The molecule has 1 aromatic rings. The smallest absolute Gasteiger partial charge is 0.338 e. The fourth-order valence-electron chi connectivity index (χ4n) is 9.70. The number of carbonyl (C=O) groups excluding carboxylic acids is 3. The van der Waals surface area contributed by atoms with Crippen molar-refractivity contribution < 1.29 is 47.7 Å². The van der Waals surface area contributed by atoms with Gasteiger partial charge in [0.2, 0.25) is 0 Å². The number of hydrogen-bond acceptors (Lipinski definition) is 10. The van der Waals surface area contributed by atoms with E-state index in [4.69, 9.17) is 23.1 Å². The lowest BCUT2D eigenvalue weighted by atomic mass is 9.44. The lowest BCUT2D eigenvalue weighted by Crippen LogP contribution is -2.82. The van der Waals surface area contributed by atoms with Crippen molar-refractivity contribution in [3.8, 4) is 0 Å². The molecule has 3 aliphatic carbocycles. The van der Waals surface area contributed by atoms with E-state index in [2.05, 4.69) is 26.2 Å². The predicted octanol–water partition coefficient (Wildman–Crippen LogP) is 4.09. The third-order valence-electron chi connectivity index (χ3n) is 11.6. The number of esters is 2. The maximum atomic E-state index is 15.6. The summed E-state index contributed by atoms with van der Waals surface area (Å²) in [6.45, 7) is 16.9. The second kappa shape index (κ2) is 10.7. The Morgan fingerprint density at radius 3 is 2.22 bits per heavy atom. The van der Waals surface area contributed by atoms with Crippen LogP contribution in [0.15, 0.2) is 41.5 Å². The molecular formula is C34H48O10Si2.